The maximum Gasteiger partial charge on any atom is 0.416 e. The predicted molar refractivity (Wildman–Crippen MR) is 58.5 cm³/mol. The molecule has 0 saturated heterocycles. The van der Waals surface area contributed by atoms with Crippen LogP contribution in [0.15, 0.2) is 18.2 Å². The molecule has 0 saturated carbocycles. The Morgan fingerprint density at radius 3 is 1.47 bits per heavy atom. The molecule has 0 fully saturated rings. The fourth-order valence-electron chi connectivity index (χ4n) is 1.27. The van der Waals surface area contributed by atoms with E-state index in [2.05, 4.69) is 4.74 Å². The number of hydrogen-bond acceptors (Lipinski definition) is 1. The molecule has 19 heavy (non-hydrogen) atoms. The average Bonchev–Trinajstić information content (AvgIpc) is 2.29. The van der Waals surface area contributed by atoms with Crippen LogP contribution in [-0.4, -0.2) is 7.11 Å². The summed E-state index contributed by atoms with van der Waals surface area (Å²) in [6.07, 6.45) is -9.63. The first-order valence-electron chi connectivity index (χ1n) is 5.42. The largest absolute Gasteiger partial charge is 0.416 e. The summed E-state index contributed by atoms with van der Waals surface area (Å²) in [4.78, 5) is 0. The minimum absolute atomic E-state index is 0.0825. The van der Waals surface area contributed by atoms with E-state index in [1.54, 1.807) is 0 Å². The zero-order valence-electron chi connectivity index (χ0n) is 10.6. The van der Waals surface area contributed by atoms with Gasteiger partial charge in [0, 0.05) is 7.11 Å². The number of halogens is 6. The molecule has 1 aromatic rings. The molecular formula is C12H14F6O. The lowest BCUT2D eigenvalue weighted by molar-refractivity contribution is -0.143. The first-order chi connectivity index (χ1) is 8.64. The Hall–Kier alpha value is -1.24. The van der Waals surface area contributed by atoms with Crippen molar-refractivity contribution in [2.45, 2.75) is 32.8 Å². The van der Waals surface area contributed by atoms with E-state index < -0.39 is 23.5 Å². The number of ether oxygens (including phenoxy) is 1. The van der Waals surface area contributed by atoms with E-state index in [1.807, 2.05) is 13.8 Å². The second-order valence-corrected chi connectivity index (χ2v) is 3.35. The van der Waals surface area contributed by atoms with E-state index in [0.29, 0.717) is 12.1 Å². The van der Waals surface area contributed by atoms with Gasteiger partial charge in [-0.25, -0.2) is 0 Å². The van der Waals surface area contributed by atoms with Gasteiger partial charge in [-0.05, 0) is 23.8 Å². The summed E-state index contributed by atoms with van der Waals surface area (Å²) >= 11 is 0. The summed E-state index contributed by atoms with van der Waals surface area (Å²) in [6.45, 7) is 3.69. The van der Waals surface area contributed by atoms with Crippen LogP contribution in [0.1, 0.15) is 30.5 Å². The molecule has 1 aromatic carbocycles. The molecule has 0 radical (unpaired) electrons. The first kappa shape index (κ1) is 17.8. The lowest BCUT2D eigenvalue weighted by Gasteiger charge is -2.13. The molecular weight excluding hydrogens is 274 g/mol. The SMILES string of the molecule is CC.COCc1cc(C(F)(F)F)cc(C(F)(F)F)c1. The fraction of sp³-hybridized carbons (Fsp3) is 0.500. The Kier molecular flexibility index (Phi) is 6.35. The number of rotatable bonds is 2. The van der Waals surface area contributed by atoms with Gasteiger partial charge in [-0.2, -0.15) is 26.3 Å². The van der Waals surface area contributed by atoms with E-state index in [4.69, 9.17) is 0 Å². The quantitative estimate of drug-likeness (QED) is 0.703. The molecule has 0 unspecified atom stereocenters. The van der Waals surface area contributed by atoms with Crippen molar-refractivity contribution in [3.8, 4) is 0 Å². The second kappa shape index (κ2) is 6.79. The van der Waals surface area contributed by atoms with Gasteiger partial charge in [-0.1, -0.05) is 13.8 Å². The summed E-state index contributed by atoms with van der Waals surface area (Å²) in [5.41, 5.74) is -2.84. The van der Waals surface area contributed by atoms with Crippen molar-refractivity contribution >= 4 is 0 Å². The van der Waals surface area contributed by atoms with E-state index in [9.17, 15) is 26.3 Å². The number of methoxy groups -OCH3 is 1. The third-order valence-corrected chi connectivity index (χ3v) is 1.96. The minimum atomic E-state index is -4.82. The van der Waals surface area contributed by atoms with E-state index in [1.165, 1.54) is 7.11 Å². The average molecular weight is 288 g/mol. The minimum Gasteiger partial charge on any atom is -0.380 e. The molecule has 0 bridgehead atoms. The molecule has 0 aliphatic rings. The molecule has 0 aliphatic carbocycles. The van der Waals surface area contributed by atoms with E-state index >= 15 is 0 Å². The summed E-state index contributed by atoms with van der Waals surface area (Å²) in [6, 6.07) is 1.36. The van der Waals surface area contributed by atoms with Gasteiger partial charge >= 0.3 is 12.4 Å². The zero-order valence-corrected chi connectivity index (χ0v) is 10.6. The van der Waals surface area contributed by atoms with Gasteiger partial charge in [-0.3, -0.25) is 0 Å². The lowest BCUT2D eigenvalue weighted by Crippen LogP contribution is -2.12. The molecule has 110 valence electrons. The highest BCUT2D eigenvalue weighted by molar-refractivity contribution is 5.33. The number of benzene rings is 1. The van der Waals surface area contributed by atoms with Gasteiger partial charge in [0.25, 0.3) is 0 Å². The molecule has 0 aliphatic heterocycles. The number of hydrogen-bond donors (Lipinski definition) is 0. The van der Waals surface area contributed by atoms with Gasteiger partial charge in [-0.15, -0.1) is 0 Å². The van der Waals surface area contributed by atoms with E-state index in [0.717, 1.165) is 0 Å². The first-order valence-corrected chi connectivity index (χ1v) is 5.42. The molecule has 1 rings (SSSR count). The third kappa shape index (κ3) is 5.50. The van der Waals surface area contributed by atoms with Crippen LogP contribution >= 0.6 is 0 Å². The normalized spacial score (nSPS) is 11.8. The van der Waals surface area contributed by atoms with Crippen LogP contribution in [0.3, 0.4) is 0 Å². The van der Waals surface area contributed by atoms with Crippen molar-refractivity contribution in [2.24, 2.45) is 0 Å². The zero-order chi connectivity index (χ0) is 15.3. The second-order valence-electron chi connectivity index (χ2n) is 3.35. The summed E-state index contributed by atoms with van der Waals surface area (Å²) in [5.74, 6) is 0. The molecule has 0 amide bonds. The van der Waals surface area contributed by atoms with Gasteiger partial charge < -0.3 is 4.74 Å². The van der Waals surface area contributed by atoms with Crippen molar-refractivity contribution in [3.05, 3.63) is 34.9 Å². The maximum atomic E-state index is 12.4. The van der Waals surface area contributed by atoms with E-state index in [-0.39, 0.29) is 18.2 Å². The molecule has 1 nitrogen and oxygen atoms in total. The highest BCUT2D eigenvalue weighted by Gasteiger charge is 2.36. The molecule has 7 heteroatoms. The summed E-state index contributed by atoms with van der Waals surface area (Å²) < 4.78 is 78.7. The topological polar surface area (TPSA) is 9.23 Å². The Bertz CT molecular complexity index is 362. The monoisotopic (exact) mass is 288 g/mol. The van der Waals surface area contributed by atoms with Crippen LogP contribution in [-0.2, 0) is 23.7 Å². The van der Waals surface area contributed by atoms with Crippen LogP contribution < -0.4 is 0 Å². The van der Waals surface area contributed by atoms with Crippen molar-refractivity contribution in [1.29, 1.82) is 0 Å². The van der Waals surface area contributed by atoms with Crippen molar-refractivity contribution in [3.63, 3.8) is 0 Å². The molecule has 0 N–H and O–H groups in total. The lowest BCUT2D eigenvalue weighted by atomic mass is 10.1. The Labute approximate surface area is 107 Å². The molecule has 0 atom stereocenters. The summed E-state index contributed by atoms with van der Waals surface area (Å²) in [5, 5.41) is 0. The standard InChI is InChI=1S/C10H8F6O.C2H6/c1-17-5-6-2-7(9(11,12)13)4-8(3-6)10(14,15)16;1-2/h2-4H,5H2,1H3;1-2H3. The van der Waals surface area contributed by atoms with Crippen molar-refractivity contribution < 1.29 is 31.1 Å². The smallest absolute Gasteiger partial charge is 0.380 e. The van der Waals surface area contributed by atoms with Crippen molar-refractivity contribution in [1.82, 2.24) is 0 Å². The number of alkyl halides is 6. The maximum absolute atomic E-state index is 12.4. The third-order valence-electron chi connectivity index (χ3n) is 1.96. The van der Waals surface area contributed by atoms with Gasteiger partial charge in [0.1, 0.15) is 0 Å². The van der Waals surface area contributed by atoms with Crippen molar-refractivity contribution in [2.75, 3.05) is 7.11 Å². The predicted octanol–water partition coefficient (Wildman–Crippen LogP) is 4.90. The van der Waals surface area contributed by atoms with Crippen LogP contribution in [0.2, 0.25) is 0 Å². The molecule has 0 aromatic heterocycles. The van der Waals surface area contributed by atoms with Crippen LogP contribution in [0.5, 0.6) is 0 Å². The molecule has 0 heterocycles. The van der Waals surface area contributed by atoms with Crippen LogP contribution in [0.25, 0.3) is 0 Å². The van der Waals surface area contributed by atoms with Crippen LogP contribution in [0.4, 0.5) is 26.3 Å². The highest BCUT2D eigenvalue weighted by Crippen LogP contribution is 2.36. The molecule has 0 spiro atoms. The van der Waals surface area contributed by atoms with Gasteiger partial charge in [0.05, 0.1) is 17.7 Å². The Morgan fingerprint density at radius 1 is 0.842 bits per heavy atom. The fourth-order valence-corrected chi connectivity index (χ4v) is 1.27. The Morgan fingerprint density at radius 2 is 1.21 bits per heavy atom. The van der Waals surface area contributed by atoms with Gasteiger partial charge in [0.15, 0.2) is 0 Å². The van der Waals surface area contributed by atoms with Crippen LogP contribution in [0, 0.1) is 0 Å². The van der Waals surface area contributed by atoms with Gasteiger partial charge in [0.2, 0.25) is 0 Å². The summed E-state index contributed by atoms with van der Waals surface area (Å²) in [7, 11) is 1.19. The Balaban J connectivity index is 0.00000154. The highest BCUT2D eigenvalue weighted by atomic mass is 19.4.